The molecule has 1 aliphatic heterocycles. The van der Waals surface area contributed by atoms with Gasteiger partial charge in [-0.1, -0.05) is 18.2 Å². The summed E-state index contributed by atoms with van der Waals surface area (Å²) in [5.74, 6) is 0.0646. The van der Waals surface area contributed by atoms with Crippen LogP contribution in [0.3, 0.4) is 0 Å². The van der Waals surface area contributed by atoms with Crippen LogP contribution in [0, 0.1) is 0 Å². The first-order valence-electron chi connectivity index (χ1n) is 7.18. The van der Waals surface area contributed by atoms with Gasteiger partial charge in [-0.25, -0.2) is 13.1 Å². The van der Waals surface area contributed by atoms with Crippen LogP contribution in [0.4, 0.5) is 0 Å². The topological polar surface area (TPSA) is 55.4 Å². The van der Waals surface area contributed by atoms with E-state index in [0.29, 0.717) is 13.2 Å². The summed E-state index contributed by atoms with van der Waals surface area (Å²) in [4.78, 5) is 0. The highest BCUT2D eigenvalue weighted by atomic mass is 32.2. The lowest BCUT2D eigenvalue weighted by atomic mass is 10.1. The van der Waals surface area contributed by atoms with E-state index in [1.165, 1.54) is 4.70 Å². The Labute approximate surface area is 129 Å². The number of rotatable bonds is 5. The Kier molecular flexibility index (Phi) is 4.59. The molecule has 114 valence electrons. The second-order valence-electron chi connectivity index (χ2n) is 5.35. The van der Waals surface area contributed by atoms with Gasteiger partial charge in [0, 0.05) is 17.9 Å². The molecule has 1 fully saturated rings. The number of hydrogen-bond acceptors (Lipinski definition) is 4. The van der Waals surface area contributed by atoms with Crippen LogP contribution in [0.5, 0.6) is 0 Å². The van der Waals surface area contributed by atoms with Gasteiger partial charge in [0.2, 0.25) is 10.0 Å². The average molecular weight is 325 g/mol. The third-order valence-corrected chi connectivity index (χ3v) is 6.13. The zero-order valence-electron chi connectivity index (χ0n) is 11.7. The van der Waals surface area contributed by atoms with Crippen molar-refractivity contribution in [2.24, 2.45) is 0 Å². The molecule has 0 radical (unpaired) electrons. The van der Waals surface area contributed by atoms with Gasteiger partial charge in [0.15, 0.2) is 0 Å². The number of sulfonamides is 1. The highest BCUT2D eigenvalue weighted by Crippen LogP contribution is 2.25. The molecule has 0 saturated carbocycles. The maximum Gasteiger partial charge on any atom is 0.214 e. The summed E-state index contributed by atoms with van der Waals surface area (Å²) >= 11 is 1.64. The number of thiophene rings is 1. The van der Waals surface area contributed by atoms with Crippen LogP contribution in [0.25, 0.3) is 10.1 Å². The standard InChI is InChI=1S/C15H19NO3S2/c17-21(18,11-13-5-3-4-8-19-13)16-9-12-10-20-15-7-2-1-6-14(12)15/h1-2,6-7,10,13,16H,3-5,8-9,11H2. The lowest BCUT2D eigenvalue weighted by Crippen LogP contribution is -2.34. The van der Waals surface area contributed by atoms with E-state index in [1.807, 2.05) is 29.6 Å². The maximum atomic E-state index is 12.1. The van der Waals surface area contributed by atoms with Crippen molar-refractivity contribution in [3.05, 3.63) is 35.2 Å². The monoisotopic (exact) mass is 325 g/mol. The zero-order chi connectivity index (χ0) is 14.7. The number of fused-ring (bicyclic) bond motifs is 1. The van der Waals surface area contributed by atoms with Crippen molar-refractivity contribution in [1.82, 2.24) is 4.72 Å². The lowest BCUT2D eigenvalue weighted by Gasteiger charge is -2.22. The van der Waals surface area contributed by atoms with Crippen molar-refractivity contribution in [2.45, 2.75) is 31.9 Å². The first-order valence-corrected chi connectivity index (χ1v) is 9.71. The summed E-state index contributed by atoms with van der Waals surface area (Å²) < 4.78 is 33.7. The van der Waals surface area contributed by atoms with Crippen LogP contribution in [0.1, 0.15) is 24.8 Å². The van der Waals surface area contributed by atoms with Gasteiger partial charge in [0.25, 0.3) is 0 Å². The minimum Gasteiger partial charge on any atom is -0.377 e. The summed E-state index contributed by atoms with van der Waals surface area (Å²) in [5.41, 5.74) is 1.03. The fourth-order valence-corrected chi connectivity index (χ4v) is 4.81. The maximum absolute atomic E-state index is 12.1. The van der Waals surface area contributed by atoms with Gasteiger partial charge in [-0.2, -0.15) is 0 Å². The molecule has 1 aromatic heterocycles. The van der Waals surface area contributed by atoms with Crippen molar-refractivity contribution in [1.29, 1.82) is 0 Å². The number of hydrogen-bond donors (Lipinski definition) is 1. The van der Waals surface area contributed by atoms with E-state index in [4.69, 9.17) is 4.74 Å². The molecule has 2 heterocycles. The van der Waals surface area contributed by atoms with Crippen molar-refractivity contribution in [2.75, 3.05) is 12.4 Å². The van der Waals surface area contributed by atoms with Crippen molar-refractivity contribution >= 4 is 31.4 Å². The minimum atomic E-state index is -3.30. The molecule has 0 bridgehead atoms. The van der Waals surface area contributed by atoms with Crippen molar-refractivity contribution < 1.29 is 13.2 Å². The van der Waals surface area contributed by atoms with Crippen LogP contribution < -0.4 is 4.72 Å². The summed E-state index contributed by atoms with van der Waals surface area (Å²) in [7, 11) is -3.30. The fraction of sp³-hybridized carbons (Fsp3) is 0.467. The third-order valence-electron chi connectivity index (χ3n) is 3.72. The molecule has 1 unspecified atom stereocenters. The van der Waals surface area contributed by atoms with Gasteiger partial charge in [0.05, 0.1) is 11.9 Å². The Hall–Kier alpha value is -0.950. The van der Waals surface area contributed by atoms with E-state index < -0.39 is 10.0 Å². The Morgan fingerprint density at radius 1 is 1.29 bits per heavy atom. The summed E-state index contributed by atoms with van der Waals surface area (Å²) in [6, 6.07) is 8.05. The van der Waals surface area contributed by atoms with E-state index in [-0.39, 0.29) is 11.9 Å². The number of benzene rings is 1. The van der Waals surface area contributed by atoms with E-state index in [0.717, 1.165) is 30.2 Å². The van der Waals surface area contributed by atoms with Gasteiger partial charge in [-0.3, -0.25) is 0 Å². The molecule has 6 heteroatoms. The van der Waals surface area contributed by atoms with Gasteiger partial charge in [-0.15, -0.1) is 11.3 Å². The van der Waals surface area contributed by atoms with Gasteiger partial charge in [-0.05, 0) is 41.7 Å². The van der Waals surface area contributed by atoms with Crippen LogP contribution >= 0.6 is 11.3 Å². The smallest absolute Gasteiger partial charge is 0.214 e. The third kappa shape index (κ3) is 3.83. The average Bonchev–Trinajstić information content (AvgIpc) is 2.89. The molecule has 21 heavy (non-hydrogen) atoms. The van der Waals surface area contributed by atoms with Gasteiger partial charge < -0.3 is 4.74 Å². The number of nitrogens with one attached hydrogen (secondary N) is 1. The number of ether oxygens (including phenoxy) is 1. The molecule has 1 aliphatic rings. The quantitative estimate of drug-likeness (QED) is 0.919. The molecule has 2 aromatic rings. The van der Waals surface area contributed by atoms with Gasteiger partial charge in [0.1, 0.15) is 0 Å². The molecular formula is C15H19NO3S2. The molecule has 3 rings (SSSR count). The van der Waals surface area contributed by atoms with Crippen LogP contribution in [0.2, 0.25) is 0 Å². The summed E-state index contributed by atoms with van der Waals surface area (Å²) in [6.45, 7) is 1.02. The second kappa shape index (κ2) is 6.44. The zero-order valence-corrected chi connectivity index (χ0v) is 13.4. The van der Waals surface area contributed by atoms with E-state index >= 15 is 0 Å². The second-order valence-corrected chi connectivity index (χ2v) is 8.11. The SMILES string of the molecule is O=S(=O)(CC1CCCCO1)NCc1csc2ccccc12. The van der Waals surface area contributed by atoms with Crippen molar-refractivity contribution in [3.63, 3.8) is 0 Å². The molecule has 1 N–H and O–H groups in total. The largest absolute Gasteiger partial charge is 0.377 e. The first kappa shape index (κ1) is 15.0. The van der Waals surface area contributed by atoms with E-state index in [2.05, 4.69) is 4.72 Å². The highest BCUT2D eigenvalue weighted by molar-refractivity contribution is 7.89. The minimum absolute atomic E-state index is 0.0646. The molecular weight excluding hydrogens is 306 g/mol. The van der Waals surface area contributed by atoms with Gasteiger partial charge >= 0.3 is 0 Å². The molecule has 0 spiro atoms. The van der Waals surface area contributed by atoms with E-state index in [1.54, 1.807) is 11.3 Å². The van der Waals surface area contributed by atoms with Crippen molar-refractivity contribution in [3.8, 4) is 0 Å². The predicted octanol–water partition coefficient (Wildman–Crippen LogP) is 2.89. The Morgan fingerprint density at radius 2 is 2.14 bits per heavy atom. The molecule has 0 aliphatic carbocycles. The highest BCUT2D eigenvalue weighted by Gasteiger charge is 2.22. The Bertz CT molecular complexity index is 703. The van der Waals surface area contributed by atoms with Crippen LogP contribution in [-0.2, 0) is 21.3 Å². The summed E-state index contributed by atoms with van der Waals surface area (Å²) in [5, 5.41) is 3.14. The predicted molar refractivity (Wildman–Crippen MR) is 86.0 cm³/mol. The summed E-state index contributed by atoms with van der Waals surface area (Å²) in [6.07, 6.45) is 2.76. The lowest BCUT2D eigenvalue weighted by molar-refractivity contribution is 0.0304. The molecule has 0 amide bonds. The molecule has 1 atom stereocenters. The normalized spacial score (nSPS) is 19.9. The van der Waals surface area contributed by atoms with Crippen LogP contribution in [0.15, 0.2) is 29.6 Å². The first-order chi connectivity index (χ1) is 10.1. The van der Waals surface area contributed by atoms with Crippen LogP contribution in [-0.4, -0.2) is 26.9 Å². The molecule has 1 saturated heterocycles. The molecule has 1 aromatic carbocycles. The Morgan fingerprint density at radius 3 is 2.95 bits per heavy atom. The fourth-order valence-electron chi connectivity index (χ4n) is 2.60. The Balaban J connectivity index is 1.63. The molecule has 4 nitrogen and oxygen atoms in total. The van der Waals surface area contributed by atoms with E-state index in [9.17, 15) is 8.42 Å².